The van der Waals surface area contributed by atoms with E-state index in [4.69, 9.17) is 0 Å². The number of carbonyl (C=O) groups is 1. The summed E-state index contributed by atoms with van der Waals surface area (Å²) in [4.78, 5) is 17.0. The lowest BCUT2D eigenvalue weighted by Gasteiger charge is -2.27. The van der Waals surface area contributed by atoms with Crippen LogP contribution in [0.5, 0.6) is 0 Å². The smallest absolute Gasteiger partial charge is 0.231 e. The van der Waals surface area contributed by atoms with Crippen LogP contribution >= 0.6 is 0 Å². The molecule has 20 heavy (non-hydrogen) atoms. The molecule has 108 valence electrons. The van der Waals surface area contributed by atoms with E-state index < -0.39 is 0 Å². The van der Waals surface area contributed by atoms with Crippen LogP contribution in [0.15, 0.2) is 24.3 Å². The fourth-order valence-electron chi connectivity index (χ4n) is 3.39. The molecule has 2 aliphatic rings. The number of anilines is 1. The summed E-state index contributed by atoms with van der Waals surface area (Å²) < 4.78 is 0. The first-order chi connectivity index (χ1) is 9.66. The largest absolute Gasteiger partial charge is 0.384 e. The minimum Gasteiger partial charge on any atom is -0.384 e. The van der Waals surface area contributed by atoms with Crippen LogP contribution < -0.4 is 5.32 Å². The average Bonchev–Trinajstić information content (AvgIpc) is 3.05. The van der Waals surface area contributed by atoms with Gasteiger partial charge in [0.1, 0.15) is 0 Å². The van der Waals surface area contributed by atoms with E-state index in [1.807, 2.05) is 30.1 Å². The van der Waals surface area contributed by atoms with Crippen LogP contribution in [0.1, 0.15) is 24.3 Å². The number of likely N-dealkylation sites (tertiary alicyclic amines) is 1. The molecule has 0 radical (unpaired) electrons. The van der Waals surface area contributed by atoms with E-state index in [0.29, 0.717) is 6.04 Å². The number of rotatable bonds is 3. The summed E-state index contributed by atoms with van der Waals surface area (Å²) in [5.41, 5.74) is 2.25. The van der Waals surface area contributed by atoms with Gasteiger partial charge < -0.3 is 15.1 Å². The van der Waals surface area contributed by atoms with E-state index in [9.17, 15) is 4.79 Å². The third kappa shape index (κ3) is 2.40. The molecule has 0 saturated carbocycles. The summed E-state index contributed by atoms with van der Waals surface area (Å²) in [5, 5.41) is 3.33. The zero-order chi connectivity index (χ0) is 14.1. The van der Waals surface area contributed by atoms with Crippen molar-refractivity contribution >= 4 is 11.6 Å². The maximum Gasteiger partial charge on any atom is 0.231 e. The number of hydrogen-bond acceptors (Lipinski definition) is 3. The fraction of sp³-hybridized carbons (Fsp3) is 0.562. The van der Waals surface area contributed by atoms with Gasteiger partial charge in [0.25, 0.3) is 0 Å². The molecule has 1 saturated heterocycles. The Morgan fingerprint density at radius 2 is 2.25 bits per heavy atom. The molecule has 1 aromatic rings. The van der Waals surface area contributed by atoms with Crippen molar-refractivity contribution in [2.75, 3.05) is 39.0 Å². The summed E-state index contributed by atoms with van der Waals surface area (Å²) in [6.07, 6.45) is 2.45. The third-order valence-corrected chi connectivity index (χ3v) is 4.66. The Bertz CT molecular complexity index is 502. The first kappa shape index (κ1) is 13.4. The Morgan fingerprint density at radius 1 is 1.45 bits per heavy atom. The number of nitrogens with one attached hydrogen (secondary N) is 1. The van der Waals surface area contributed by atoms with Crippen molar-refractivity contribution in [3.63, 3.8) is 0 Å². The molecule has 4 nitrogen and oxygen atoms in total. The molecular formula is C16H23N3O. The second-order valence-corrected chi connectivity index (χ2v) is 6.02. The van der Waals surface area contributed by atoms with E-state index in [-0.39, 0.29) is 11.8 Å². The van der Waals surface area contributed by atoms with Crippen LogP contribution in [0.25, 0.3) is 0 Å². The van der Waals surface area contributed by atoms with Crippen LogP contribution in [0.4, 0.5) is 5.69 Å². The molecule has 2 unspecified atom stereocenters. The van der Waals surface area contributed by atoms with Crippen LogP contribution in [0, 0.1) is 0 Å². The van der Waals surface area contributed by atoms with Crippen molar-refractivity contribution in [1.29, 1.82) is 0 Å². The molecule has 0 bridgehead atoms. The number of amides is 1. The van der Waals surface area contributed by atoms with E-state index in [1.54, 1.807) is 0 Å². The molecule has 0 aromatic heterocycles. The molecule has 0 aliphatic carbocycles. The number of benzene rings is 1. The molecule has 3 rings (SSSR count). The summed E-state index contributed by atoms with van der Waals surface area (Å²) in [6.45, 7) is 2.72. The molecule has 2 atom stereocenters. The van der Waals surface area contributed by atoms with Gasteiger partial charge in [-0.25, -0.2) is 0 Å². The summed E-state index contributed by atoms with van der Waals surface area (Å²) >= 11 is 0. The number of carbonyl (C=O) groups excluding carboxylic acids is 1. The summed E-state index contributed by atoms with van der Waals surface area (Å²) in [6, 6.07) is 8.65. The van der Waals surface area contributed by atoms with Gasteiger partial charge in [-0.1, -0.05) is 18.2 Å². The zero-order valence-corrected chi connectivity index (χ0v) is 12.3. The van der Waals surface area contributed by atoms with Gasteiger partial charge in [-0.3, -0.25) is 4.79 Å². The molecule has 2 heterocycles. The van der Waals surface area contributed by atoms with E-state index in [0.717, 1.165) is 30.9 Å². The van der Waals surface area contributed by atoms with Gasteiger partial charge in [-0.2, -0.15) is 0 Å². The van der Waals surface area contributed by atoms with Crippen LogP contribution in [0.3, 0.4) is 0 Å². The minimum atomic E-state index is -0.0251. The lowest BCUT2D eigenvalue weighted by Crippen LogP contribution is -2.41. The Morgan fingerprint density at radius 3 is 3.00 bits per heavy atom. The van der Waals surface area contributed by atoms with Crippen molar-refractivity contribution in [3.05, 3.63) is 29.8 Å². The molecule has 2 aliphatic heterocycles. The second kappa shape index (κ2) is 5.44. The Labute approximate surface area is 120 Å². The monoisotopic (exact) mass is 273 g/mol. The van der Waals surface area contributed by atoms with Gasteiger partial charge in [0.15, 0.2) is 0 Å². The van der Waals surface area contributed by atoms with Gasteiger partial charge in [-0.05, 0) is 38.1 Å². The Hall–Kier alpha value is -1.55. The predicted octanol–water partition coefficient (Wildman–Crippen LogP) is 1.75. The highest BCUT2D eigenvalue weighted by molar-refractivity contribution is 5.88. The normalized spacial score (nSPS) is 25.3. The van der Waals surface area contributed by atoms with Crippen LogP contribution in [0.2, 0.25) is 0 Å². The maximum absolute atomic E-state index is 12.7. The summed E-state index contributed by atoms with van der Waals surface area (Å²) in [5.74, 6) is 0.214. The number of para-hydroxylation sites is 1. The number of likely N-dealkylation sites (N-methyl/N-ethyl adjacent to an activating group) is 2. The second-order valence-electron chi connectivity index (χ2n) is 6.02. The molecule has 1 aromatic carbocycles. The number of nitrogens with zero attached hydrogens (tertiary/aromatic N) is 2. The third-order valence-electron chi connectivity index (χ3n) is 4.66. The topological polar surface area (TPSA) is 35.6 Å². The number of hydrogen-bond donors (Lipinski definition) is 1. The molecule has 4 heteroatoms. The Kier molecular flexibility index (Phi) is 3.66. The zero-order valence-electron chi connectivity index (χ0n) is 12.3. The van der Waals surface area contributed by atoms with Gasteiger partial charge in [0.05, 0.1) is 5.92 Å². The maximum atomic E-state index is 12.7. The Balaban J connectivity index is 1.67. The molecule has 0 spiro atoms. The van der Waals surface area contributed by atoms with Gasteiger partial charge >= 0.3 is 0 Å². The van der Waals surface area contributed by atoms with Gasteiger partial charge in [-0.15, -0.1) is 0 Å². The van der Waals surface area contributed by atoms with E-state index in [1.165, 1.54) is 12.8 Å². The van der Waals surface area contributed by atoms with Gasteiger partial charge in [0, 0.05) is 31.9 Å². The first-order valence-electron chi connectivity index (χ1n) is 7.45. The standard InChI is InChI=1S/C16H23N3O/c1-18-9-5-6-12(18)11-19(2)16(20)14-10-17-15-8-4-3-7-13(14)15/h3-4,7-8,12,14,17H,5-6,9-11H2,1-2H3. The number of fused-ring (bicyclic) bond motifs is 1. The van der Waals surface area contributed by atoms with Crippen LogP contribution in [-0.4, -0.2) is 55.5 Å². The molecule has 1 fully saturated rings. The van der Waals surface area contributed by atoms with E-state index in [2.05, 4.69) is 23.3 Å². The van der Waals surface area contributed by atoms with Gasteiger partial charge in [0.2, 0.25) is 5.91 Å². The minimum absolute atomic E-state index is 0.0251. The van der Waals surface area contributed by atoms with Crippen molar-refractivity contribution in [1.82, 2.24) is 9.80 Å². The highest BCUT2D eigenvalue weighted by Crippen LogP contribution is 2.32. The quantitative estimate of drug-likeness (QED) is 0.911. The van der Waals surface area contributed by atoms with Crippen molar-refractivity contribution in [2.45, 2.75) is 24.8 Å². The van der Waals surface area contributed by atoms with Crippen molar-refractivity contribution < 1.29 is 4.79 Å². The predicted molar refractivity (Wildman–Crippen MR) is 81.0 cm³/mol. The lowest BCUT2D eigenvalue weighted by atomic mass is 10.00. The summed E-state index contributed by atoms with van der Waals surface area (Å²) in [7, 11) is 4.10. The SMILES string of the molecule is CN(CC1CCCN1C)C(=O)C1CNc2ccccc21. The molecular weight excluding hydrogens is 250 g/mol. The van der Waals surface area contributed by atoms with Crippen molar-refractivity contribution in [2.24, 2.45) is 0 Å². The average molecular weight is 273 g/mol. The highest BCUT2D eigenvalue weighted by atomic mass is 16.2. The van der Waals surface area contributed by atoms with Crippen LogP contribution in [-0.2, 0) is 4.79 Å². The lowest BCUT2D eigenvalue weighted by molar-refractivity contribution is -0.131. The van der Waals surface area contributed by atoms with Crippen molar-refractivity contribution in [3.8, 4) is 0 Å². The first-order valence-corrected chi connectivity index (χ1v) is 7.45. The fourth-order valence-corrected chi connectivity index (χ4v) is 3.39. The van der Waals surface area contributed by atoms with E-state index >= 15 is 0 Å². The highest BCUT2D eigenvalue weighted by Gasteiger charge is 2.32. The molecule has 1 amide bonds. The molecule has 1 N–H and O–H groups in total.